The number of amides is 2. The lowest BCUT2D eigenvalue weighted by Crippen LogP contribution is -2.36. The van der Waals surface area contributed by atoms with E-state index in [1.165, 1.54) is 24.3 Å². The van der Waals surface area contributed by atoms with Crippen LogP contribution in [0.5, 0.6) is 0 Å². The Labute approximate surface area is 167 Å². The van der Waals surface area contributed by atoms with Crippen LogP contribution in [0.15, 0.2) is 48.5 Å². The Morgan fingerprint density at radius 1 is 1.07 bits per heavy atom. The van der Waals surface area contributed by atoms with E-state index in [1.54, 1.807) is 0 Å². The third-order valence-electron chi connectivity index (χ3n) is 4.51. The van der Waals surface area contributed by atoms with E-state index in [0.717, 1.165) is 24.0 Å². The molecular formula is C20H21FN6O2. The third kappa shape index (κ3) is 4.95. The van der Waals surface area contributed by atoms with Crippen LogP contribution in [0.1, 0.15) is 5.82 Å². The number of anilines is 2. The molecule has 0 spiro atoms. The van der Waals surface area contributed by atoms with Gasteiger partial charge in [0.25, 0.3) is 0 Å². The number of fused-ring (bicyclic) bond motifs is 1. The molecule has 0 radical (unpaired) electrons. The predicted octanol–water partition coefficient (Wildman–Crippen LogP) is 2.75. The second-order valence-corrected chi connectivity index (χ2v) is 6.61. The SMILES string of the molecule is O=C(NNc1nc(CN2CCOCC2)nc2ccccc12)Nc1ccc(F)cc1. The summed E-state index contributed by atoms with van der Waals surface area (Å²) < 4.78 is 18.4. The van der Waals surface area contributed by atoms with Crippen molar-refractivity contribution in [2.75, 3.05) is 37.0 Å². The number of hydrogen-bond donors (Lipinski definition) is 3. The second-order valence-electron chi connectivity index (χ2n) is 6.61. The van der Waals surface area contributed by atoms with Gasteiger partial charge >= 0.3 is 6.03 Å². The highest BCUT2D eigenvalue weighted by molar-refractivity contribution is 5.93. The van der Waals surface area contributed by atoms with Crippen molar-refractivity contribution in [1.29, 1.82) is 0 Å². The first kappa shape index (κ1) is 19.0. The molecule has 1 aliphatic rings. The summed E-state index contributed by atoms with van der Waals surface area (Å²) >= 11 is 0. The van der Waals surface area contributed by atoms with E-state index in [2.05, 4.69) is 31.0 Å². The van der Waals surface area contributed by atoms with Gasteiger partial charge in [0.1, 0.15) is 11.6 Å². The number of morpholine rings is 1. The van der Waals surface area contributed by atoms with Crippen molar-refractivity contribution in [2.45, 2.75) is 6.54 Å². The molecule has 2 heterocycles. The number of rotatable bonds is 5. The van der Waals surface area contributed by atoms with Gasteiger partial charge in [0.15, 0.2) is 5.82 Å². The van der Waals surface area contributed by atoms with Gasteiger partial charge in [-0.3, -0.25) is 15.8 Å². The fourth-order valence-corrected chi connectivity index (χ4v) is 3.06. The summed E-state index contributed by atoms with van der Waals surface area (Å²) in [6, 6.07) is 12.6. The standard InChI is InChI=1S/C20H21FN6O2/c21-14-5-7-15(8-6-14)22-20(28)26-25-19-16-3-1-2-4-17(16)23-18(24-19)13-27-9-11-29-12-10-27/h1-8H,9-13H2,(H2,22,26,28)(H,23,24,25). The van der Waals surface area contributed by atoms with Gasteiger partial charge in [0.05, 0.1) is 25.3 Å². The highest BCUT2D eigenvalue weighted by Gasteiger charge is 2.14. The average Bonchev–Trinajstić information content (AvgIpc) is 2.74. The van der Waals surface area contributed by atoms with Gasteiger partial charge < -0.3 is 10.1 Å². The Hall–Kier alpha value is -3.30. The molecule has 0 unspecified atom stereocenters. The third-order valence-corrected chi connectivity index (χ3v) is 4.51. The quantitative estimate of drug-likeness (QED) is 0.575. The van der Waals surface area contributed by atoms with E-state index in [1.807, 2.05) is 24.3 Å². The maximum Gasteiger partial charge on any atom is 0.337 e. The number of urea groups is 1. The minimum Gasteiger partial charge on any atom is -0.379 e. The van der Waals surface area contributed by atoms with Crippen LogP contribution in [0.25, 0.3) is 10.9 Å². The van der Waals surface area contributed by atoms with Gasteiger partial charge in [-0.25, -0.2) is 19.2 Å². The Bertz CT molecular complexity index is 992. The Morgan fingerprint density at radius 2 is 1.83 bits per heavy atom. The fraction of sp³-hybridized carbons (Fsp3) is 0.250. The lowest BCUT2D eigenvalue weighted by Gasteiger charge is -2.26. The molecule has 0 atom stereocenters. The van der Waals surface area contributed by atoms with E-state index in [9.17, 15) is 9.18 Å². The Morgan fingerprint density at radius 3 is 2.62 bits per heavy atom. The van der Waals surface area contributed by atoms with Gasteiger partial charge in [0, 0.05) is 24.2 Å². The molecule has 150 valence electrons. The molecule has 1 aromatic heterocycles. The number of nitrogens with zero attached hydrogens (tertiary/aromatic N) is 3. The molecule has 3 N–H and O–H groups in total. The molecule has 0 saturated carbocycles. The largest absolute Gasteiger partial charge is 0.379 e. The van der Waals surface area contributed by atoms with Crippen molar-refractivity contribution in [3.63, 3.8) is 0 Å². The molecule has 3 aromatic rings. The van der Waals surface area contributed by atoms with Crippen LogP contribution in [0.2, 0.25) is 0 Å². The van der Waals surface area contributed by atoms with Gasteiger partial charge in [-0.1, -0.05) is 12.1 Å². The maximum absolute atomic E-state index is 13.0. The lowest BCUT2D eigenvalue weighted by atomic mass is 10.2. The lowest BCUT2D eigenvalue weighted by molar-refractivity contribution is 0.0331. The number of para-hydroxylation sites is 1. The number of nitrogens with one attached hydrogen (secondary N) is 3. The summed E-state index contributed by atoms with van der Waals surface area (Å²) in [5.74, 6) is 0.802. The van der Waals surface area contributed by atoms with Gasteiger partial charge in [-0.05, 0) is 36.4 Å². The zero-order valence-electron chi connectivity index (χ0n) is 15.7. The number of carbonyl (C=O) groups is 1. The van der Waals surface area contributed by atoms with Crippen LogP contribution in [0.3, 0.4) is 0 Å². The van der Waals surface area contributed by atoms with Crippen LogP contribution in [0.4, 0.5) is 20.7 Å². The normalized spacial score (nSPS) is 14.5. The van der Waals surface area contributed by atoms with Crippen molar-refractivity contribution < 1.29 is 13.9 Å². The average molecular weight is 396 g/mol. The molecule has 0 aliphatic carbocycles. The van der Waals surface area contributed by atoms with Gasteiger partial charge in [-0.15, -0.1) is 0 Å². The van der Waals surface area contributed by atoms with Crippen molar-refractivity contribution in [1.82, 2.24) is 20.3 Å². The van der Waals surface area contributed by atoms with E-state index in [0.29, 0.717) is 37.1 Å². The van der Waals surface area contributed by atoms with Crippen molar-refractivity contribution in [3.8, 4) is 0 Å². The highest BCUT2D eigenvalue weighted by Crippen LogP contribution is 2.20. The molecule has 2 amide bonds. The zero-order valence-corrected chi connectivity index (χ0v) is 15.7. The molecule has 1 saturated heterocycles. The summed E-state index contributed by atoms with van der Waals surface area (Å²) in [7, 11) is 0. The zero-order chi connectivity index (χ0) is 20.1. The smallest absolute Gasteiger partial charge is 0.337 e. The van der Waals surface area contributed by atoms with Crippen LogP contribution in [0, 0.1) is 5.82 Å². The number of hydrazine groups is 1. The second kappa shape index (κ2) is 8.80. The summed E-state index contributed by atoms with van der Waals surface area (Å²) in [5.41, 5.74) is 6.70. The molecule has 9 heteroatoms. The van der Waals surface area contributed by atoms with Gasteiger partial charge in [0.2, 0.25) is 0 Å². The summed E-state index contributed by atoms with van der Waals surface area (Å²) in [5, 5.41) is 3.41. The van der Waals surface area contributed by atoms with E-state index >= 15 is 0 Å². The minimum absolute atomic E-state index is 0.366. The van der Waals surface area contributed by atoms with Crippen LogP contribution in [-0.2, 0) is 11.3 Å². The van der Waals surface area contributed by atoms with Crippen molar-refractivity contribution >= 4 is 28.4 Å². The number of benzene rings is 2. The molecule has 0 bridgehead atoms. The fourth-order valence-electron chi connectivity index (χ4n) is 3.06. The van der Waals surface area contributed by atoms with E-state index in [4.69, 9.17) is 4.74 Å². The molecular weight excluding hydrogens is 375 g/mol. The Kier molecular flexibility index (Phi) is 5.78. The number of carbonyl (C=O) groups excluding carboxylic acids is 1. The summed E-state index contributed by atoms with van der Waals surface area (Å²) in [6.07, 6.45) is 0. The minimum atomic E-state index is -0.492. The maximum atomic E-state index is 13.0. The molecule has 29 heavy (non-hydrogen) atoms. The van der Waals surface area contributed by atoms with E-state index < -0.39 is 6.03 Å². The van der Waals surface area contributed by atoms with Crippen molar-refractivity contribution in [3.05, 3.63) is 60.2 Å². The number of hydrogen-bond acceptors (Lipinski definition) is 6. The van der Waals surface area contributed by atoms with Crippen LogP contribution < -0.4 is 16.2 Å². The van der Waals surface area contributed by atoms with Crippen molar-refractivity contribution in [2.24, 2.45) is 0 Å². The predicted molar refractivity (Wildman–Crippen MR) is 108 cm³/mol. The van der Waals surface area contributed by atoms with Gasteiger partial charge in [-0.2, -0.15) is 0 Å². The number of halogens is 1. The monoisotopic (exact) mass is 396 g/mol. The first-order valence-corrected chi connectivity index (χ1v) is 9.32. The molecule has 4 rings (SSSR count). The first-order chi connectivity index (χ1) is 14.2. The summed E-state index contributed by atoms with van der Waals surface area (Å²) in [4.78, 5) is 23.6. The van der Waals surface area contributed by atoms with E-state index in [-0.39, 0.29) is 5.82 Å². The molecule has 8 nitrogen and oxygen atoms in total. The topological polar surface area (TPSA) is 91.4 Å². The van der Waals surface area contributed by atoms with Crippen LogP contribution in [-0.4, -0.2) is 47.2 Å². The molecule has 1 aliphatic heterocycles. The highest BCUT2D eigenvalue weighted by atomic mass is 19.1. The number of ether oxygens (including phenoxy) is 1. The number of aromatic nitrogens is 2. The summed E-state index contributed by atoms with van der Waals surface area (Å²) in [6.45, 7) is 3.66. The first-order valence-electron chi connectivity index (χ1n) is 9.32. The molecule has 1 fully saturated rings. The Balaban J connectivity index is 1.47. The van der Waals surface area contributed by atoms with Crippen LogP contribution >= 0.6 is 0 Å². The molecule has 2 aromatic carbocycles.